The van der Waals surface area contributed by atoms with Gasteiger partial charge in [0.15, 0.2) is 0 Å². The fourth-order valence-electron chi connectivity index (χ4n) is 1.67. The number of aliphatic imine (C=N–C) groups is 1. The second-order valence-electron chi connectivity index (χ2n) is 3.88. The van der Waals surface area contributed by atoms with Gasteiger partial charge in [-0.15, -0.1) is 11.8 Å². The third-order valence-corrected chi connectivity index (χ3v) is 3.56. The summed E-state index contributed by atoms with van der Waals surface area (Å²) in [5, 5.41) is 1.14. The van der Waals surface area contributed by atoms with Gasteiger partial charge in [0, 0.05) is 18.8 Å². The fraction of sp³-hybridized carbons (Fsp3) is 0.500. The topological polar surface area (TPSA) is 15.6 Å². The van der Waals surface area contributed by atoms with Gasteiger partial charge >= 0.3 is 0 Å². The Balaban J connectivity index is 2.68. The van der Waals surface area contributed by atoms with Crippen LogP contribution < -0.4 is 4.90 Å². The summed E-state index contributed by atoms with van der Waals surface area (Å²) < 4.78 is 0. The van der Waals surface area contributed by atoms with E-state index in [2.05, 4.69) is 61.2 Å². The van der Waals surface area contributed by atoms with Crippen molar-refractivity contribution in [2.24, 2.45) is 4.99 Å². The van der Waals surface area contributed by atoms with Crippen LogP contribution in [0.5, 0.6) is 0 Å². The molecule has 0 aliphatic heterocycles. The van der Waals surface area contributed by atoms with Gasteiger partial charge in [0.1, 0.15) is 0 Å². The molecule has 17 heavy (non-hydrogen) atoms. The van der Waals surface area contributed by atoms with Gasteiger partial charge in [-0.05, 0) is 44.7 Å². The molecule has 94 valence electrons. The highest BCUT2D eigenvalue weighted by atomic mass is 32.2. The van der Waals surface area contributed by atoms with E-state index in [9.17, 15) is 0 Å². The van der Waals surface area contributed by atoms with Crippen LogP contribution in [0, 0.1) is 0 Å². The number of hydrogen-bond donors (Lipinski definition) is 0. The summed E-state index contributed by atoms with van der Waals surface area (Å²) in [5.74, 6) is 0. The predicted molar refractivity (Wildman–Crippen MR) is 80.3 cm³/mol. The van der Waals surface area contributed by atoms with Crippen molar-refractivity contribution < 1.29 is 0 Å². The largest absolute Gasteiger partial charge is 0.372 e. The summed E-state index contributed by atoms with van der Waals surface area (Å²) in [6.07, 6.45) is 2.06. The van der Waals surface area contributed by atoms with E-state index in [-0.39, 0.29) is 0 Å². The maximum absolute atomic E-state index is 4.49. The van der Waals surface area contributed by atoms with Gasteiger partial charge in [-0.2, -0.15) is 0 Å². The van der Waals surface area contributed by atoms with Crippen molar-refractivity contribution in [3.05, 3.63) is 29.8 Å². The minimum absolute atomic E-state index is 0.783. The molecule has 0 bridgehead atoms. The SMILES string of the molecule is CCN(CC)c1ccc(CN=C(C)SC)cc1. The predicted octanol–water partition coefficient (Wildman–Crippen LogP) is 3.81. The number of rotatable bonds is 5. The molecule has 0 aromatic heterocycles. The molecule has 0 unspecified atom stereocenters. The number of hydrogen-bond acceptors (Lipinski definition) is 3. The molecule has 0 N–H and O–H groups in total. The van der Waals surface area contributed by atoms with Crippen molar-refractivity contribution in [3.63, 3.8) is 0 Å². The Morgan fingerprint density at radius 1 is 1.18 bits per heavy atom. The Hall–Kier alpha value is -0.960. The molecule has 3 heteroatoms. The average Bonchev–Trinajstić information content (AvgIpc) is 2.38. The molecule has 2 nitrogen and oxygen atoms in total. The van der Waals surface area contributed by atoms with Crippen molar-refractivity contribution in [1.29, 1.82) is 0 Å². The van der Waals surface area contributed by atoms with Crippen molar-refractivity contribution in [2.75, 3.05) is 24.2 Å². The Morgan fingerprint density at radius 3 is 2.24 bits per heavy atom. The zero-order chi connectivity index (χ0) is 12.7. The van der Waals surface area contributed by atoms with E-state index in [1.54, 1.807) is 11.8 Å². The molecule has 0 saturated heterocycles. The highest BCUT2D eigenvalue weighted by Crippen LogP contribution is 2.15. The standard InChI is InChI=1S/C14H22N2S/c1-5-16(6-2)14-9-7-13(8-10-14)11-15-12(3)17-4/h7-10H,5-6,11H2,1-4H3. The summed E-state index contributed by atoms with van der Waals surface area (Å²) in [6.45, 7) is 9.31. The fourth-order valence-corrected chi connectivity index (χ4v) is 1.86. The van der Waals surface area contributed by atoms with Crippen LogP contribution in [0.4, 0.5) is 5.69 Å². The summed E-state index contributed by atoms with van der Waals surface area (Å²) in [6, 6.07) is 8.72. The summed E-state index contributed by atoms with van der Waals surface area (Å²) in [7, 11) is 0. The number of nitrogens with zero attached hydrogens (tertiary/aromatic N) is 2. The minimum Gasteiger partial charge on any atom is -0.372 e. The zero-order valence-electron chi connectivity index (χ0n) is 11.2. The van der Waals surface area contributed by atoms with Crippen LogP contribution in [0.15, 0.2) is 29.3 Å². The summed E-state index contributed by atoms with van der Waals surface area (Å²) >= 11 is 1.70. The lowest BCUT2D eigenvalue weighted by Gasteiger charge is -2.20. The summed E-state index contributed by atoms with van der Waals surface area (Å²) in [5.41, 5.74) is 2.57. The van der Waals surface area contributed by atoms with Crippen LogP contribution in [0.2, 0.25) is 0 Å². The lowest BCUT2D eigenvalue weighted by atomic mass is 10.2. The maximum Gasteiger partial charge on any atom is 0.0649 e. The second-order valence-corrected chi connectivity index (χ2v) is 4.88. The third-order valence-electron chi connectivity index (χ3n) is 2.84. The Morgan fingerprint density at radius 2 is 1.76 bits per heavy atom. The zero-order valence-corrected chi connectivity index (χ0v) is 12.0. The third kappa shape index (κ3) is 4.43. The Kier molecular flexibility index (Phi) is 6.12. The molecule has 0 aliphatic rings. The molecule has 0 heterocycles. The van der Waals surface area contributed by atoms with Crippen molar-refractivity contribution in [1.82, 2.24) is 0 Å². The van der Waals surface area contributed by atoms with Crippen LogP contribution >= 0.6 is 11.8 Å². The lowest BCUT2D eigenvalue weighted by molar-refractivity contribution is 0.865. The first kappa shape index (κ1) is 14.1. The quantitative estimate of drug-likeness (QED) is 0.583. The maximum atomic E-state index is 4.49. The van der Waals surface area contributed by atoms with E-state index in [1.165, 1.54) is 11.3 Å². The van der Waals surface area contributed by atoms with Crippen LogP contribution in [-0.4, -0.2) is 24.4 Å². The molecule has 0 aliphatic carbocycles. The summed E-state index contributed by atoms with van der Waals surface area (Å²) in [4.78, 5) is 6.84. The van der Waals surface area contributed by atoms with Crippen molar-refractivity contribution >= 4 is 22.5 Å². The molecule has 0 radical (unpaired) electrons. The normalized spacial score (nSPS) is 11.6. The molecule has 0 atom stereocenters. The van der Waals surface area contributed by atoms with Crippen LogP contribution in [0.1, 0.15) is 26.3 Å². The molecule has 0 spiro atoms. The van der Waals surface area contributed by atoms with Crippen molar-refractivity contribution in [2.45, 2.75) is 27.3 Å². The van der Waals surface area contributed by atoms with Crippen molar-refractivity contribution in [3.8, 4) is 0 Å². The van der Waals surface area contributed by atoms with Gasteiger partial charge in [0.25, 0.3) is 0 Å². The van der Waals surface area contributed by atoms with Gasteiger partial charge in [0.2, 0.25) is 0 Å². The highest BCUT2D eigenvalue weighted by molar-refractivity contribution is 8.13. The molecular weight excluding hydrogens is 228 g/mol. The van der Waals surface area contributed by atoms with Crippen LogP contribution in [-0.2, 0) is 6.54 Å². The van der Waals surface area contributed by atoms with E-state index in [0.717, 1.165) is 24.7 Å². The molecular formula is C14H22N2S. The molecule has 0 amide bonds. The highest BCUT2D eigenvalue weighted by Gasteiger charge is 2.00. The molecule has 1 aromatic carbocycles. The smallest absolute Gasteiger partial charge is 0.0649 e. The van der Waals surface area contributed by atoms with Gasteiger partial charge < -0.3 is 4.90 Å². The minimum atomic E-state index is 0.783. The first-order valence-corrected chi connectivity index (χ1v) is 7.32. The molecule has 0 saturated carbocycles. The van der Waals surface area contributed by atoms with Gasteiger partial charge in [-0.25, -0.2) is 0 Å². The van der Waals surface area contributed by atoms with Gasteiger partial charge in [-0.1, -0.05) is 12.1 Å². The lowest BCUT2D eigenvalue weighted by Crippen LogP contribution is -2.21. The Bertz CT molecular complexity index is 353. The molecule has 1 aromatic rings. The molecule has 0 fully saturated rings. The number of benzene rings is 1. The number of thioether (sulfide) groups is 1. The monoisotopic (exact) mass is 250 g/mol. The molecule has 1 rings (SSSR count). The first-order chi connectivity index (χ1) is 8.21. The van der Waals surface area contributed by atoms with E-state index in [0.29, 0.717) is 0 Å². The van der Waals surface area contributed by atoms with E-state index < -0.39 is 0 Å². The average molecular weight is 250 g/mol. The van der Waals surface area contributed by atoms with E-state index in [1.807, 2.05) is 0 Å². The van der Waals surface area contributed by atoms with Gasteiger partial charge in [0.05, 0.1) is 11.6 Å². The van der Waals surface area contributed by atoms with E-state index in [4.69, 9.17) is 0 Å². The van der Waals surface area contributed by atoms with Crippen LogP contribution in [0.25, 0.3) is 0 Å². The Labute approximate surface area is 109 Å². The van der Waals surface area contributed by atoms with Crippen LogP contribution in [0.3, 0.4) is 0 Å². The van der Waals surface area contributed by atoms with Gasteiger partial charge in [-0.3, -0.25) is 4.99 Å². The second kappa shape index (κ2) is 7.38. The van der Waals surface area contributed by atoms with E-state index >= 15 is 0 Å². The first-order valence-electron chi connectivity index (χ1n) is 6.10. The number of anilines is 1.